The zero-order chi connectivity index (χ0) is 8.60. The molecule has 1 aliphatic rings. The Bertz CT molecular complexity index is 254. The number of nitrogens with two attached hydrogens (primary N) is 1. The first kappa shape index (κ1) is 8.13. The third-order valence-electron chi connectivity index (χ3n) is 2.23. The topological polar surface area (TPSA) is 38.9 Å². The van der Waals surface area contributed by atoms with Gasteiger partial charge in [-0.25, -0.2) is 4.39 Å². The van der Waals surface area contributed by atoms with E-state index in [0.29, 0.717) is 19.3 Å². The van der Waals surface area contributed by atoms with Crippen molar-refractivity contribution in [1.29, 1.82) is 0 Å². The van der Waals surface area contributed by atoms with Crippen molar-refractivity contribution >= 4 is 11.3 Å². The number of alkyl halides is 1. The predicted octanol–water partition coefficient (Wildman–Crippen LogP) is 1.51. The Morgan fingerprint density at radius 3 is 3.00 bits per heavy atom. The number of thiazole rings is 1. The smallest absolute Gasteiger partial charge is 0.118 e. The van der Waals surface area contributed by atoms with E-state index < -0.39 is 5.67 Å². The van der Waals surface area contributed by atoms with E-state index in [2.05, 4.69) is 4.98 Å². The van der Waals surface area contributed by atoms with Gasteiger partial charge in [0, 0.05) is 23.5 Å². The molecule has 0 radical (unpaired) electrons. The SMILES string of the molecule is NC1CC(F)(Cc2cncs2)C1. The molecule has 66 valence electrons. The fourth-order valence-electron chi connectivity index (χ4n) is 1.67. The average molecular weight is 186 g/mol. The van der Waals surface area contributed by atoms with Crippen LogP contribution in [-0.2, 0) is 6.42 Å². The highest BCUT2D eigenvalue weighted by atomic mass is 32.1. The summed E-state index contributed by atoms with van der Waals surface area (Å²) in [4.78, 5) is 4.92. The highest BCUT2D eigenvalue weighted by molar-refractivity contribution is 7.09. The maximum atomic E-state index is 13.6. The first-order valence-electron chi connectivity index (χ1n) is 4.00. The average Bonchev–Trinajstić information content (AvgIpc) is 2.36. The molecular formula is C8H11FN2S. The van der Waals surface area contributed by atoms with Crippen LogP contribution in [0, 0.1) is 0 Å². The fraction of sp³-hybridized carbons (Fsp3) is 0.625. The van der Waals surface area contributed by atoms with Crippen molar-refractivity contribution in [2.24, 2.45) is 5.73 Å². The largest absolute Gasteiger partial charge is 0.327 e. The number of halogens is 1. The molecule has 0 atom stereocenters. The summed E-state index contributed by atoms with van der Waals surface area (Å²) in [5, 5.41) is 0. The first-order chi connectivity index (χ1) is 5.68. The normalized spacial score (nSPS) is 34.7. The van der Waals surface area contributed by atoms with E-state index >= 15 is 0 Å². The Morgan fingerprint density at radius 1 is 1.75 bits per heavy atom. The lowest BCUT2D eigenvalue weighted by molar-refractivity contribution is 0.0452. The van der Waals surface area contributed by atoms with Gasteiger partial charge in [-0.05, 0) is 12.8 Å². The number of nitrogens with zero attached hydrogens (tertiary/aromatic N) is 1. The van der Waals surface area contributed by atoms with E-state index in [1.165, 1.54) is 11.3 Å². The van der Waals surface area contributed by atoms with Crippen LogP contribution in [0.25, 0.3) is 0 Å². The van der Waals surface area contributed by atoms with Crippen LogP contribution >= 0.6 is 11.3 Å². The summed E-state index contributed by atoms with van der Waals surface area (Å²) in [7, 11) is 0. The molecule has 2 nitrogen and oxygen atoms in total. The minimum absolute atomic E-state index is 0.0721. The molecule has 4 heteroatoms. The van der Waals surface area contributed by atoms with Gasteiger partial charge in [-0.15, -0.1) is 11.3 Å². The maximum absolute atomic E-state index is 13.6. The van der Waals surface area contributed by atoms with Crippen molar-refractivity contribution < 1.29 is 4.39 Å². The molecule has 1 saturated carbocycles. The highest BCUT2D eigenvalue weighted by Gasteiger charge is 2.43. The van der Waals surface area contributed by atoms with Crippen LogP contribution in [0.2, 0.25) is 0 Å². The third-order valence-corrected chi connectivity index (χ3v) is 3.01. The second-order valence-electron chi connectivity index (χ2n) is 3.46. The number of hydrogen-bond acceptors (Lipinski definition) is 3. The molecule has 0 saturated heterocycles. The van der Waals surface area contributed by atoms with Crippen molar-refractivity contribution in [3.05, 3.63) is 16.6 Å². The molecule has 2 rings (SSSR count). The second kappa shape index (κ2) is 2.78. The molecule has 0 bridgehead atoms. The van der Waals surface area contributed by atoms with Gasteiger partial charge in [0.2, 0.25) is 0 Å². The second-order valence-corrected chi connectivity index (χ2v) is 4.43. The molecular weight excluding hydrogens is 175 g/mol. The Morgan fingerprint density at radius 2 is 2.50 bits per heavy atom. The Balaban J connectivity index is 1.96. The summed E-state index contributed by atoms with van der Waals surface area (Å²) in [6.07, 6.45) is 3.23. The van der Waals surface area contributed by atoms with Crippen molar-refractivity contribution in [2.75, 3.05) is 0 Å². The summed E-state index contributed by atoms with van der Waals surface area (Å²) >= 11 is 1.51. The zero-order valence-electron chi connectivity index (χ0n) is 6.66. The Kier molecular flexibility index (Phi) is 1.88. The van der Waals surface area contributed by atoms with Gasteiger partial charge in [0.05, 0.1) is 5.51 Å². The van der Waals surface area contributed by atoms with E-state index in [9.17, 15) is 4.39 Å². The lowest BCUT2D eigenvalue weighted by Crippen LogP contribution is -2.49. The lowest BCUT2D eigenvalue weighted by atomic mass is 9.75. The Hall–Kier alpha value is -0.480. The van der Waals surface area contributed by atoms with Crippen LogP contribution in [-0.4, -0.2) is 16.7 Å². The molecule has 0 spiro atoms. The van der Waals surface area contributed by atoms with Gasteiger partial charge in [0.25, 0.3) is 0 Å². The molecule has 1 aromatic rings. The van der Waals surface area contributed by atoms with Crippen molar-refractivity contribution in [3.63, 3.8) is 0 Å². The fourth-order valence-corrected chi connectivity index (χ4v) is 2.39. The van der Waals surface area contributed by atoms with Crippen molar-refractivity contribution in [2.45, 2.75) is 31.0 Å². The maximum Gasteiger partial charge on any atom is 0.118 e. The molecule has 2 N–H and O–H groups in total. The third kappa shape index (κ3) is 1.49. The molecule has 0 amide bonds. The lowest BCUT2D eigenvalue weighted by Gasteiger charge is -2.38. The van der Waals surface area contributed by atoms with Gasteiger partial charge in [0.1, 0.15) is 5.67 Å². The molecule has 1 aromatic heterocycles. The Labute approximate surface area is 74.6 Å². The van der Waals surface area contributed by atoms with E-state index in [-0.39, 0.29) is 6.04 Å². The summed E-state index contributed by atoms with van der Waals surface area (Å²) in [5.41, 5.74) is 6.23. The number of hydrogen-bond donors (Lipinski definition) is 1. The molecule has 1 fully saturated rings. The highest BCUT2D eigenvalue weighted by Crippen LogP contribution is 2.38. The van der Waals surface area contributed by atoms with Gasteiger partial charge >= 0.3 is 0 Å². The van der Waals surface area contributed by atoms with Crippen LogP contribution in [0.5, 0.6) is 0 Å². The summed E-state index contributed by atoms with van der Waals surface area (Å²) in [5.74, 6) is 0. The van der Waals surface area contributed by atoms with Gasteiger partial charge in [-0.3, -0.25) is 4.98 Å². The van der Waals surface area contributed by atoms with Gasteiger partial charge in [0.15, 0.2) is 0 Å². The summed E-state index contributed by atoms with van der Waals surface area (Å²) in [6.45, 7) is 0. The minimum atomic E-state index is -1.04. The van der Waals surface area contributed by atoms with Crippen LogP contribution in [0.15, 0.2) is 11.7 Å². The van der Waals surface area contributed by atoms with E-state index in [1.54, 1.807) is 11.7 Å². The van der Waals surface area contributed by atoms with Gasteiger partial charge in [-0.2, -0.15) is 0 Å². The number of aromatic nitrogens is 1. The molecule has 1 aliphatic carbocycles. The predicted molar refractivity (Wildman–Crippen MR) is 46.9 cm³/mol. The number of rotatable bonds is 2. The van der Waals surface area contributed by atoms with E-state index in [1.807, 2.05) is 0 Å². The van der Waals surface area contributed by atoms with Crippen LogP contribution in [0.3, 0.4) is 0 Å². The summed E-state index contributed by atoms with van der Waals surface area (Å²) in [6, 6.07) is 0.0721. The van der Waals surface area contributed by atoms with Crippen LogP contribution in [0.1, 0.15) is 17.7 Å². The minimum Gasteiger partial charge on any atom is -0.327 e. The summed E-state index contributed by atoms with van der Waals surface area (Å²) < 4.78 is 13.6. The molecule has 0 unspecified atom stereocenters. The first-order valence-corrected chi connectivity index (χ1v) is 4.88. The van der Waals surface area contributed by atoms with Gasteiger partial charge in [-0.1, -0.05) is 0 Å². The monoisotopic (exact) mass is 186 g/mol. The molecule has 0 aromatic carbocycles. The zero-order valence-corrected chi connectivity index (χ0v) is 7.48. The van der Waals surface area contributed by atoms with Crippen molar-refractivity contribution in [3.8, 4) is 0 Å². The quantitative estimate of drug-likeness (QED) is 0.760. The van der Waals surface area contributed by atoms with E-state index in [4.69, 9.17) is 5.73 Å². The molecule has 1 heterocycles. The standard InChI is InChI=1S/C8H11FN2S/c9-8(1-6(10)2-8)3-7-4-11-5-12-7/h4-6H,1-3,10H2. The van der Waals surface area contributed by atoms with Crippen molar-refractivity contribution in [1.82, 2.24) is 4.98 Å². The van der Waals surface area contributed by atoms with E-state index in [0.717, 1.165) is 4.88 Å². The van der Waals surface area contributed by atoms with Crippen LogP contribution in [0.4, 0.5) is 4.39 Å². The molecule has 0 aliphatic heterocycles. The van der Waals surface area contributed by atoms with Gasteiger partial charge < -0.3 is 5.73 Å². The van der Waals surface area contributed by atoms with Crippen LogP contribution < -0.4 is 5.73 Å². The molecule has 12 heavy (non-hydrogen) atoms.